The number of aliphatic hydroxyl groups is 1. The first kappa shape index (κ1) is 26.6. The van der Waals surface area contributed by atoms with Gasteiger partial charge in [-0.25, -0.2) is 0 Å². The fraction of sp³-hybridized carbons (Fsp3) is 0.0714. The number of allylic oxidation sites excluding steroid dienone is 2. The molecule has 0 aliphatic rings. The summed E-state index contributed by atoms with van der Waals surface area (Å²) in [5.74, 6) is 0.297. The molecule has 0 heterocycles. The molecule has 0 spiro atoms. The molecule has 1 N–H and O–H groups in total. The molecule has 0 aliphatic heterocycles. The molecule has 1 aromatic rings. The average Bonchev–Trinajstić information content (AvgIpc) is 2.55. The molecule has 0 aromatic heterocycles. The third kappa shape index (κ3) is 18.5. The van der Waals surface area contributed by atoms with Crippen molar-refractivity contribution in [3.63, 3.8) is 0 Å². The quantitative estimate of drug-likeness (QED) is 0.384. The molecule has 0 amide bonds. The Morgan fingerprint density at radius 2 is 1.30 bits per heavy atom. The van der Waals surface area contributed by atoms with E-state index in [4.69, 9.17) is 23.7 Å². The molecule has 1 aromatic carbocycles. The fourth-order valence-corrected chi connectivity index (χ4v) is 1.31. The van der Waals surface area contributed by atoms with Crippen molar-refractivity contribution < 1.29 is 39.3 Å². The van der Waals surface area contributed by atoms with Crippen molar-refractivity contribution in [1.82, 2.24) is 0 Å². The van der Waals surface area contributed by atoms with Crippen molar-refractivity contribution in [3.05, 3.63) is 74.3 Å². The maximum atomic E-state index is 8.99. The third-order valence-electron chi connectivity index (χ3n) is 1.39. The van der Waals surface area contributed by atoms with Gasteiger partial charge in [-0.3, -0.25) is 0 Å². The summed E-state index contributed by atoms with van der Waals surface area (Å²) in [7, 11) is 0. The molecule has 0 saturated heterocycles. The van der Waals surface area contributed by atoms with Gasteiger partial charge in [0, 0.05) is 0 Å². The van der Waals surface area contributed by atoms with Gasteiger partial charge in [-0.05, 0) is 0 Å². The first-order valence-electron chi connectivity index (χ1n) is 4.47. The van der Waals surface area contributed by atoms with Gasteiger partial charge in [0.05, 0.1) is 0 Å². The second-order valence-electron chi connectivity index (χ2n) is 2.50. The van der Waals surface area contributed by atoms with Crippen LogP contribution in [0.15, 0.2) is 42.2 Å². The summed E-state index contributed by atoms with van der Waals surface area (Å²) in [4.78, 5) is 0. The van der Waals surface area contributed by atoms with E-state index >= 15 is 0 Å². The molecule has 0 bridgehead atoms. The SMILES string of the molecule is C/C(O)=C/[C](=[Mn])c1ccccc1.[C-]#[O+].[C-]#[O+].[C-]#[O+].[C-]#[O+]. The maximum absolute atomic E-state index is 8.99. The van der Waals surface area contributed by atoms with E-state index in [1.165, 1.54) is 0 Å². The molecule has 6 heteroatoms. The van der Waals surface area contributed by atoms with Crippen LogP contribution >= 0.6 is 0 Å². The van der Waals surface area contributed by atoms with E-state index in [1.54, 1.807) is 13.0 Å². The van der Waals surface area contributed by atoms with Gasteiger partial charge in [0.2, 0.25) is 0 Å². The van der Waals surface area contributed by atoms with E-state index in [1.807, 2.05) is 30.3 Å². The van der Waals surface area contributed by atoms with Crippen LogP contribution in [-0.4, -0.2) is 9.52 Å². The summed E-state index contributed by atoms with van der Waals surface area (Å²) in [6.45, 7) is 19.6. The van der Waals surface area contributed by atoms with Crippen molar-refractivity contribution in [3.8, 4) is 0 Å². The van der Waals surface area contributed by atoms with Crippen LogP contribution in [0.5, 0.6) is 0 Å². The fourth-order valence-electron chi connectivity index (χ4n) is 0.864. The first-order chi connectivity index (χ1) is 9.70. The molecule has 0 aliphatic carbocycles. The Hall–Kier alpha value is -1.89. The van der Waals surface area contributed by atoms with E-state index in [-0.39, 0.29) is 0 Å². The van der Waals surface area contributed by atoms with Gasteiger partial charge in [-0.15, -0.1) is 0 Å². The van der Waals surface area contributed by atoms with Crippen molar-refractivity contribution in [2.24, 2.45) is 0 Å². The molecule has 0 unspecified atom stereocenters. The second-order valence-corrected chi connectivity index (χ2v) is 3.14. The van der Waals surface area contributed by atoms with Crippen LogP contribution in [0.3, 0.4) is 0 Å². The molecular weight excluding hydrogens is 303 g/mol. The Morgan fingerprint density at radius 1 is 0.950 bits per heavy atom. The number of rotatable bonds is 2. The minimum atomic E-state index is 0.297. The summed E-state index contributed by atoms with van der Waals surface area (Å²) < 4.78 is 30.9. The molecule has 0 atom stereocenters. The van der Waals surface area contributed by atoms with E-state index in [2.05, 4.69) is 42.2 Å². The van der Waals surface area contributed by atoms with Crippen molar-refractivity contribution >= 4 is 4.42 Å². The van der Waals surface area contributed by atoms with Crippen LogP contribution in [-0.2, 0) is 34.2 Å². The van der Waals surface area contributed by atoms with Gasteiger partial charge in [-0.1, -0.05) is 0 Å². The van der Waals surface area contributed by atoms with Crippen molar-refractivity contribution in [1.29, 1.82) is 0 Å². The topological polar surface area (TPSA) is 99.8 Å². The van der Waals surface area contributed by atoms with E-state index in [9.17, 15) is 0 Å². The van der Waals surface area contributed by atoms with Gasteiger partial charge >= 0.3 is 125 Å². The van der Waals surface area contributed by atoms with Crippen LogP contribution < -0.4 is 0 Å². The van der Waals surface area contributed by atoms with Crippen LogP contribution in [0.25, 0.3) is 0 Å². The predicted octanol–water partition coefficient (Wildman–Crippen LogP) is 2.07. The third-order valence-corrected chi connectivity index (χ3v) is 1.90. The summed E-state index contributed by atoms with van der Waals surface area (Å²) in [5, 5.41) is 8.99. The minimum absolute atomic E-state index is 0.297. The van der Waals surface area contributed by atoms with Gasteiger partial charge in [-0.2, -0.15) is 0 Å². The van der Waals surface area contributed by atoms with E-state index < -0.39 is 0 Å². The monoisotopic (exact) mass is 313 g/mol. The Bertz CT molecular complexity index is 427. The Labute approximate surface area is 125 Å². The van der Waals surface area contributed by atoms with Gasteiger partial charge in [0.15, 0.2) is 0 Å². The van der Waals surface area contributed by atoms with Crippen molar-refractivity contribution in [2.75, 3.05) is 0 Å². The van der Waals surface area contributed by atoms with Crippen LogP contribution in [0, 0.1) is 26.6 Å². The van der Waals surface area contributed by atoms with Crippen LogP contribution in [0.2, 0.25) is 0 Å². The first-order valence-corrected chi connectivity index (χ1v) is 5.06. The molecular formula is C14H10MnO5. The Balaban J connectivity index is -0.000000138. The Morgan fingerprint density at radius 3 is 1.60 bits per heavy atom. The van der Waals surface area contributed by atoms with Crippen molar-refractivity contribution in [2.45, 2.75) is 6.92 Å². The molecule has 1 rings (SSSR count). The van der Waals surface area contributed by atoms with Gasteiger partial charge in [0.1, 0.15) is 0 Å². The Kier molecular flexibility index (Phi) is 34.4. The number of benzene rings is 1. The summed E-state index contributed by atoms with van der Waals surface area (Å²) in [5.41, 5.74) is 1.06. The molecule has 103 valence electrons. The van der Waals surface area contributed by atoms with Gasteiger partial charge in [0.25, 0.3) is 0 Å². The van der Waals surface area contributed by atoms with E-state index in [0.717, 1.165) is 9.98 Å². The van der Waals surface area contributed by atoms with Crippen LogP contribution in [0.4, 0.5) is 0 Å². The molecule has 0 radical (unpaired) electrons. The predicted molar refractivity (Wildman–Crippen MR) is 62.7 cm³/mol. The zero-order valence-corrected chi connectivity index (χ0v) is 11.6. The average molecular weight is 313 g/mol. The van der Waals surface area contributed by atoms with E-state index in [0.29, 0.717) is 5.76 Å². The summed E-state index contributed by atoms with van der Waals surface area (Å²) in [6.07, 6.45) is 1.68. The summed E-state index contributed by atoms with van der Waals surface area (Å²) >= 11 is 3.37. The van der Waals surface area contributed by atoms with Crippen LogP contribution in [0.1, 0.15) is 12.5 Å². The number of hydrogen-bond acceptors (Lipinski definition) is 1. The molecule has 5 nitrogen and oxygen atoms in total. The molecule has 0 fully saturated rings. The van der Waals surface area contributed by atoms with Gasteiger partial charge < -0.3 is 0 Å². The normalized spacial score (nSPS) is 7.15. The zero-order chi connectivity index (χ0) is 17.0. The zero-order valence-electron chi connectivity index (χ0n) is 10.4. The summed E-state index contributed by atoms with van der Waals surface area (Å²) in [6, 6.07) is 9.82. The standard InChI is InChI=1S/C10H10O.4CO.Mn/c1-9(11)7-8-10-5-3-2-4-6-10;4*1-2;/h2-7,11H,1H3;;;;;/b9-7-;;;;;. The molecule has 20 heavy (non-hydrogen) atoms. The number of aliphatic hydroxyl groups excluding tert-OH is 1. The number of hydrogen-bond donors (Lipinski definition) is 1. The second kappa shape index (κ2) is 25.8. The molecule has 0 saturated carbocycles.